The number of hydrogen-bond donors (Lipinski definition) is 2. The molecule has 0 aliphatic carbocycles. The Kier molecular flexibility index (Phi) is 3.22. The van der Waals surface area contributed by atoms with Crippen molar-refractivity contribution in [3.63, 3.8) is 0 Å². The van der Waals surface area contributed by atoms with Gasteiger partial charge in [-0.3, -0.25) is 9.59 Å². The maximum atomic E-state index is 10.8. The Balaban J connectivity index is 3.23. The van der Waals surface area contributed by atoms with Gasteiger partial charge in [0.1, 0.15) is 0 Å². The van der Waals surface area contributed by atoms with Gasteiger partial charge in [0, 0.05) is 13.8 Å². The third-order valence-corrected chi connectivity index (χ3v) is 1.52. The second kappa shape index (κ2) is 4.41. The van der Waals surface area contributed by atoms with E-state index in [1.807, 2.05) is 0 Å². The van der Waals surface area contributed by atoms with E-state index < -0.39 is 5.91 Å². The molecule has 1 aromatic rings. The first kappa shape index (κ1) is 11.0. The van der Waals surface area contributed by atoms with Crippen molar-refractivity contribution in [3.05, 3.63) is 23.7 Å². The minimum atomic E-state index is -0.433. The van der Waals surface area contributed by atoms with Gasteiger partial charge < -0.3 is 10.5 Å². The number of hydrogen-bond acceptors (Lipinski definition) is 3. The van der Waals surface area contributed by atoms with Gasteiger partial charge >= 0.3 is 0 Å². The number of nitrogens with one attached hydrogen (secondary N) is 1. The molecular weight excluding hydrogens is 198 g/mol. The Bertz CT molecular complexity index is 462. The van der Waals surface area contributed by atoms with E-state index >= 15 is 0 Å². The fourth-order valence-corrected chi connectivity index (χ4v) is 1.01. The van der Waals surface area contributed by atoms with Crippen LogP contribution in [0.4, 0.5) is 5.82 Å². The molecule has 6 heteroatoms. The van der Waals surface area contributed by atoms with Gasteiger partial charge in [-0.05, 0) is 12.1 Å². The van der Waals surface area contributed by atoms with E-state index in [0.717, 1.165) is 0 Å². The number of rotatable bonds is 1. The fourth-order valence-electron chi connectivity index (χ4n) is 1.01. The van der Waals surface area contributed by atoms with Crippen molar-refractivity contribution in [2.75, 3.05) is 5.32 Å². The molecule has 1 aromatic heterocycles. The fraction of sp³-hybridized carbons (Fsp3) is 0.222. The van der Waals surface area contributed by atoms with Crippen molar-refractivity contribution in [3.8, 4) is 0 Å². The Hall–Kier alpha value is -2.11. The van der Waals surface area contributed by atoms with E-state index in [-0.39, 0.29) is 17.2 Å². The monoisotopic (exact) mass is 209 g/mol. The quantitative estimate of drug-likeness (QED) is 0.645. The molecule has 0 saturated heterocycles. The molecular formula is C9H11N3O3. The Morgan fingerprint density at radius 3 is 2.60 bits per heavy atom. The number of amides is 2. The van der Waals surface area contributed by atoms with Crippen molar-refractivity contribution in [1.29, 1.82) is 0 Å². The van der Waals surface area contributed by atoms with Crippen LogP contribution in [0, 0.1) is 0 Å². The number of anilines is 1. The van der Waals surface area contributed by atoms with Crippen LogP contribution in [-0.4, -0.2) is 21.8 Å². The van der Waals surface area contributed by atoms with Crippen molar-refractivity contribution >= 4 is 17.6 Å². The van der Waals surface area contributed by atoms with Crippen molar-refractivity contribution in [2.45, 2.75) is 13.8 Å². The van der Waals surface area contributed by atoms with Crippen LogP contribution >= 0.6 is 0 Å². The van der Waals surface area contributed by atoms with Gasteiger partial charge in [-0.2, -0.15) is 9.72 Å². The summed E-state index contributed by atoms with van der Waals surface area (Å²) in [7, 11) is 0. The SMILES string of the molecule is CC(=O)N=c1cccc(NC(C)=O)n1O. The third kappa shape index (κ3) is 2.94. The second-order valence-corrected chi connectivity index (χ2v) is 2.89. The first-order chi connectivity index (χ1) is 7.00. The summed E-state index contributed by atoms with van der Waals surface area (Å²) < 4.78 is 0.642. The Morgan fingerprint density at radius 2 is 2.07 bits per heavy atom. The minimum Gasteiger partial charge on any atom is -0.425 e. The van der Waals surface area contributed by atoms with Gasteiger partial charge in [0.2, 0.25) is 11.8 Å². The summed E-state index contributed by atoms with van der Waals surface area (Å²) in [4.78, 5) is 25.0. The second-order valence-electron chi connectivity index (χ2n) is 2.89. The van der Waals surface area contributed by atoms with Gasteiger partial charge in [0.15, 0.2) is 11.3 Å². The lowest BCUT2D eigenvalue weighted by Gasteiger charge is -2.06. The first-order valence-corrected chi connectivity index (χ1v) is 4.25. The zero-order chi connectivity index (χ0) is 11.4. The molecule has 1 rings (SSSR count). The summed E-state index contributed by atoms with van der Waals surface area (Å²) in [5, 5.41) is 11.9. The molecule has 0 aliphatic heterocycles. The molecule has 0 aromatic carbocycles. The number of aromatic nitrogens is 1. The van der Waals surface area contributed by atoms with Crippen LogP contribution in [0.3, 0.4) is 0 Å². The molecule has 80 valence electrons. The molecule has 1 heterocycles. The van der Waals surface area contributed by atoms with E-state index in [1.165, 1.54) is 26.0 Å². The first-order valence-electron chi connectivity index (χ1n) is 4.25. The molecule has 0 fully saturated rings. The number of carbonyl (C=O) groups is 2. The minimum absolute atomic E-state index is 0.0637. The average molecular weight is 209 g/mol. The molecule has 0 saturated carbocycles. The Labute approximate surface area is 85.8 Å². The smallest absolute Gasteiger partial charge is 0.244 e. The van der Waals surface area contributed by atoms with Crippen molar-refractivity contribution in [1.82, 2.24) is 4.73 Å². The summed E-state index contributed by atoms with van der Waals surface area (Å²) in [6, 6.07) is 4.51. The van der Waals surface area contributed by atoms with Crippen LogP contribution in [0.15, 0.2) is 23.2 Å². The van der Waals surface area contributed by atoms with E-state index in [0.29, 0.717) is 4.73 Å². The van der Waals surface area contributed by atoms with E-state index in [4.69, 9.17) is 0 Å². The molecule has 2 amide bonds. The van der Waals surface area contributed by atoms with Crippen LogP contribution in [0.1, 0.15) is 13.8 Å². The predicted molar refractivity (Wildman–Crippen MR) is 52.2 cm³/mol. The summed E-state index contributed by atoms with van der Waals surface area (Å²) in [5.41, 5.74) is 0.0637. The number of pyridine rings is 1. The molecule has 2 N–H and O–H groups in total. The van der Waals surface area contributed by atoms with Crippen LogP contribution in [0.25, 0.3) is 0 Å². The topological polar surface area (TPSA) is 83.7 Å². The highest BCUT2D eigenvalue weighted by Gasteiger charge is 2.01. The number of nitrogens with zero attached hydrogens (tertiary/aromatic N) is 2. The van der Waals surface area contributed by atoms with Crippen LogP contribution < -0.4 is 10.8 Å². The van der Waals surface area contributed by atoms with Gasteiger partial charge in [-0.25, -0.2) is 0 Å². The summed E-state index contributed by atoms with van der Waals surface area (Å²) in [6.45, 7) is 2.58. The van der Waals surface area contributed by atoms with Crippen LogP contribution in [-0.2, 0) is 9.59 Å². The lowest BCUT2D eigenvalue weighted by Crippen LogP contribution is -2.24. The zero-order valence-electron chi connectivity index (χ0n) is 8.39. The molecule has 0 unspecified atom stereocenters. The van der Waals surface area contributed by atoms with Crippen molar-refractivity contribution in [2.24, 2.45) is 4.99 Å². The maximum Gasteiger partial charge on any atom is 0.244 e. The lowest BCUT2D eigenvalue weighted by molar-refractivity contribution is -0.116. The maximum absolute atomic E-state index is 10.8. The standard InChI is InChI=1S/C9H11N3O3/c1-6(13)10-8-4-3-5-9(12(8)15)11-7(2)14/h3-5,15H,1-2H3,(H,10,13). The Morgan fingerprint density at radius 1 is 1.40 bits per heavy atom. The normalized spacial score (nSPS) is 11.2. The molecule has 0 aliphatic rings. The summed E-state index contributed by atoms with van der Waals surface area (Å²) in [6.07, 6.45) is 0. The molecule has 0 atom stereocenters. The third-order valence-electron chi connectivity index (χ3n) is 1.52. The van der Waals surface area contributed by atoms with E-state index in [2.05, 4.69) is 10.3 Å². The van der Waals surface area contributed by atoms with E-state index in [1.54, 1.807) is 6.07 Å². The molecule has 0 bridgehead atoms. The van der Waals surface area contributed by atoms with Crippen LogP contribution in [0.2, 0.25) is 0 Å². The molecule has 6 nitrogen and oxygen atoms in total. The van der Waals surface area contributed by atoms with E-state index in [9.17, 15) is 14.8 Å². The largest absolute Gasteiger partial charge is 0.425 e. The van der Waals surface area contributed by atoms with Crippen molar-refractivity contribution < 1.29 is 14.8 Å². The highest BCUT2D eigenvalue weighted by Crippen LogP contribution is 2.00. The van der Waals surface area contributed by atoms with Gasteiger partial charge in [-0.1, -0.05) is 6.07 Å². The van der Waals surface area contributed by atoms with Gasteiger partial charge in [0.05, 0.1) is 0 Å². The average Bonchev–Trinajstić information content (AvgIpc) is 2.10. The summed E-state index contributed by atoms with van der Waals surface area (Å²) >= 11 is 0. The number of carbonyl (C=O) groups excluding carboxylic acids is 2. The van der Waals surface area contributed by atoms with Gasteiger partial charge in [0.25, 0.3) is 0 Å². The predicted octanol–water partition coefficient (Wildman–Crippen LogP) is 0.131. The van der Waals surface area contributed by atoms with Crippen LogP contribution in [0.5, 0.6) is 0 Å². The molecule has 0 radical (unpaired) electrons. The summed E-state index contributed by atoms with van der Waals surface area (Å²) in [5.74, 6) is -0.597. The lowest BCUT2D eigenvalue weighted by atomic mass is 10.4. The molecule has 15 heavy (non-hydrogen) atoms. The highest BCUT2D eigenvalue weighted by molar-refractivity contribution is 5.87. The molecule has 0 spiro atoms. The van der Waals surface area contributed by atoms with Gasteiger partial charge in [-0.15, -0.1) is 0 Å². The highest BCUT2D eigenvalue weighted by atomic mass is 16.5. The zero-order valence-corrected chi connectivity index (χ0v) is 8.39.